The van der Waals surface area contributed by atoms with E-state index in [-0.39, 0.29) is 5.76 Å². The smallest absolute Gasteiger partial charge is 0.408 e. The fraction of sp³-hybridized carbons (Fsp3) is 0.562. The average Bonchev–Trinajstić information content (AvgIpc) is 3.06. The van der Waals surface area contributed by atoms with Crippen molar-refractivity contribution in [1.82, 2.24) is 9.88 Å². The highest BCUT2D eigenvalue weighted by molar-refractivity contribution is 5.74. The van der Waals surface area contributed by atoms with Crippen LogP contribution in [0.4, 0.5) is 0 Å². The van der Waals surface area contributed by atoms with Gasteiger partial charge < -0.3 is 9.73 Å². The molecule has 2 aromatic rings. The minimum atomic E-state index is -0.262. The lowest BCUT2D eigenvalue weighted by Crippen LogP contribution is -2.23. The number of nitrogens with one attached hydrogen (secondary N) is 1. The van der Waals surface area contributed by atoms with Gasteiger partial charge in [-0.1, -0.05) is 18.9 Å². The number of nitrogens with zero attached hydrogens (tertiary/aromatic N) is 1. The van der Waals surface area contributed by atoms with Crippen molar-refractivity contribution in [3.63, 3.8) is 0 Å². The number of aromatic nitrogens is 1. The van der Waals surface area contributed by atoms with Gasteiger partial charge >= 0.3 is 5.76 Å². The highest BCUT2D eigenvalue weighted by Gasteiger charge is 2.25. The number of hydrogen-bond donors (Lipinski definition) is 1. The van der Waals surface area contributed by atoms with Gasteiger partial charge in [0.05, 0.1) is 5.52 Å². The van der Waals surface area contributed by atoms with Gasteiger partial charge in [-0.05, 0) is 50.4 Å². The summed E-state index contributed by atoms with van der Waals surface area (Å²) in [6.07, 6.45) is 5.21. The van der Waals surface area contributed by atoms with Crippen molar-refractivity contribution in [3.8, 4) is 0 Å². The zero-order valence-corrected chi connectivity index (χ0v) is 12.2. The summed E-state index contributed by atoms with van der Waals surface area (Å²) in [5, 5.41) is 3.43. The molecule has 4 heteroatoms. The van der Waals surface area contributed by atoms with E-state index in [1.165, 1.54) is 31.2 Å². The molecule has 1 aliphatic carbocycles. The van der Waals surface area contributed by atoms with Gasteiger partial charge in [0.1, 0.15) is 0 Å². The number of oxazole rings is 1. The maximum Gasteiger partial charge on any atom is 0.419 e. The Morgan fingerprint density at radius 3 is 2.80 bits per heavy atom. The molecule has 0 amide bonds. The van der Waals surface area contributed by atoms with Crippen LogP contribution in [0.25, 0.3) is 11.1 Å². The second kappa shape index (κ2) is 5.44. The molecular formula is C16H22N2O2. The zero-order valence-electron chi connectivity index (χ0n) is 12.2. The molecule has 1 N–H and O–H groups in total. The Balaban J connectivity index is 2.01. The molecule has 1 aromatic heterocycles. The first kappa shape index (κ1) is 13.4. The first-order chi connectivity index (χ1) is 9.74. The molecule has 0 saturated heterocycles. The summed E-state index contributed by atoms with van der Waals surface area (Å²) >= 11 is 0. The zero-order chi connectivity index (χ0) is 14.1. The van der Waals surface area contributed by atoms with E-state index < -0.39 is 0 Å². The van der Waals surface area contributed by atoms with E-state index >= 15 is 0 Å². The normalized spacial score (nSPS) is 17.9. The number of aryl methyl sites for hydroxylation is 1. The predicted molar refractivity (Wildman–Crippen MR) is 79.9 cm³/mol. The summed E-state index contributed by atoms with van der Waals surface area (Å²) in [6, 6.07) is 6.53. The number of hydrogen-bond acceptors (Lipinski definition) is 3. The molecule has 20 heavy (non-hydrogen) atoms. The van der Waals surface area contributed by atoms with Gasteiger partial charge in [0.15, 0.2) is 5.58 Å². The maximum absolute atomic E-state index is 11.8. The van der Waals surface area contributed by atoms with E-state index in [0.717, 1.165) is 5.52 Å². The Bertz CT molecular complexity index is 650. The van der Waals surface area contributed by atoms with E-state index in [0.29, 0.717) is 24.1 Å². The third kappa shape index (κ3) is 2.18. The standard InChI is InChI=1S/C16H22N2O2/c1-3-18-13-9-8-12(10-14(13)20-16(18)19)15(17-2)11-6-4-5-7-11/h8-11,15,17H,3-7H2,1-2H3. The third-order valence-electron chi connectivity index (χ3n) is 4.55. The Labute approximate surface area is 118 Å². The molecule has 1 heterocycles. The van der Waals surface area contributed by atoms with Gasteiger partial charge in [-0.2, -0.15) is 0 Å². The average molecular weight is 274 g/mol. The van der Waals surface area contributed by atoms with Crippen molar-refractivity contribution in [2.24, 2.45) is 5.92 Å². The molecule has 1 saturated carbocycles. The van der Waals surface area contributed by atoms with Crippen LogP contribution in [0.3, 0.4) is 0 Å². The van der Waals surface area contributed by atoms with Crippen LogP contribution in [-0.4, -0.2) is 11.6 Å². The molecule has 4 nitrogen and oxygen atoms in total. The van der Waals surface area contributed by atoms with Gasteiger partial charge in [0.25, 0.3) is 0 Å². The molecule has 1 aliphatic rings. The molecule has 1 atom stereocenters. The Hall–Kier alpha value is -1.55. The summed E-state index contributed by atoms with van der Waals surface area (Å²) in [6.45, 7) is 2.60. The predicted octanol–water partition coefficient (Wildman–Crippen LogP) is 3.07. The van der Waals surface area contributed by atoms with Crippen LogP contribution in [0, 0.1) is 5.92 Å². The maximum atomic E-state index is 11.8. The molecule has 0 bridgehead atoms. The van der Waals surface area contributed by atoms with E-state index in [9.17, 15) is 4.79 Å². The topological polar surface area (TPSA) is 47.2 Å². The first-order valence-corrected chi connectivity index (χ1v) is 7.55. The molecular weight excluding hydrogens is 252 g/mol. The fourth-order valence-corrected chi connectivity index (χ4v) is 3.54. The lowest BCUT2D eigenvalue weighted by molar-refractivity contribution is 0.390. The summed E-state index contributed by atoms with van der Waals surface area (Å²) in [7, 11) is 2.01. The molecule has 0 radical (unpaired) electrons. The minimum absolute atomic E-state index is 0.262. The van der Waals surface area contributed by atoms with Crippen molar-refractivity contribution < 1.29 is 4.42 Å². The van der Waals surface area contributed by atoms with E-state index in [2.05, 4.69) is 11.4 Å². The lowest BCUT2D eigenvalue weighted by Gasteiger charge is -2.23. The molecule has 108 valence electrons. The Morgan fingerprint density at radius 2 is 2.15 bits per heavy atom. The van der Waals surface area contributed by atoms with Crippen molar-refractivity contribution in [2.75, 3.05) is 7.05 Å². The third-order valence-corrected chi connectivity index (χ3v) is 4.55. The highest BCUT2D eigenvalue weighted by Crippen LogP contribution is 2.36. The van der Waals surface area contributed by atoms with Crippen molar-refractivity contribution in [2.45, 2.75) is 45.2 Å². The molecule has 0 aliphatic heterocycles. The van der Waals surface area contributed by atoms with E-state index in [1.54, 1.807) is 4.57 Å². The highest BCUT2D eigenvalue weighted by atomic mass is 16.4. The Kier molecular flexibility index (Phi) is 3.66. The quantitative estimate of drug-likeness (QED) is 0.932. The summed E-state index contributed by atoms with van der Waals surface area (Å²) < 4.78 is 7.04. The van der Waals surface area contributed by atoms with E-state index in [1.807, 2.05) is 26.1 Å². The minimum Gasteiger partial charge on any atom is -0.408 e. The van der Waals surface area contributed by atoms with Crippen LogP contribution in [0.15, 0.2) is 27.4 Å². The second-order valence-electron chi connectivity index (χ2n) is 5.65. The van der Waals surface area contributed by atoms with Gasteiger partial charge in [0.2, 0.25) is 0 Å². The molecule has 1 unspecified atom stereocenters. The van der Waals surface area contributed by atoms with Crippen LogP contribution in [0.2, 0.25) is 0 Å². The van der Waals surface area contributed by atoms with Crippen molar-refractivity contribution in [3.05, 3.63) is 34.3 Å². The van der Waals surface area contributed by atoms with Gasteiger partial charge in [0, 0.05) is 12.6 Å². The van der Waals surface area contributed by atoms with Crippen molar-refractivity contribution >= 4 is 11.1 Å². The van der Waals surface area contributed by atoms with Gasteiger partial charge in [-0.3, -0.25) is 4.57 Å². The largest absolute Gasteiger partial charge is 0.419 e. The van der Waals surface area contributed by atoms with Crippen LogP contribution in [0.1, 0.15) is 44.2 Å². The van der Waals surface area contributed by atoms with Crippen LogP contribution >= 0.6 is 0 Å². The monoisotopic (exact) mass is 274 g/mol. The van der Waals surface area contributed by atoms with Crippen LogP contribution < -0.4 is 11.1 Å². The Morgan fingerprint density at radius 1 is 1.40 bits per heavy atom. The molecule has 1 aromatic carbocycles. The fourth-order valence-electron chi connectivity index (χ4n) is 3.54. The van der Waals surface area contributed by atoms with E-state index in [4.69, 9.17) is 4.42 Å². The SMILES string of the molecule is CCn1c(=O)oc2cc(C(NC)C3CCCC3)ccc21. The van der Waals surface area contributed by atoms with Crippen molar-refractivity contribution in [1.29, 1.82) is 0 Å². The summed E-state index contributed by atoms with van der Waals surface area (Å²) in [4.78, 5) is 11.8. The van der Waals surface area contributed by atoms with Gasteiger partial charge in [-0.15, -0.1) is 0 Å². The molecule has 1 fully saturated rings. The van der Waals surface area contributed by atoms with Crippen LogP contribution in [0.5, 0.6) is 0 Å². The summed E-state index contributed by atoms with van der Waals surface area (Å²) in [5.41, 5.74) is 2.82. The first-order valence-electron chi connectivity index (χ1n) is 7.55. The summed E-state index contributed by atoms with van der Waals surface area (Å²) in [5.74, 6) is 0.430. The molecule has 0 spiro atoms. The van der Waals surface area contributed by atoms with Gasteiger partial charge in [-0.25, -0.2) is 4.79 Å². The number of benzene rings is 1. The van der Waals surface area contributed by atoms with Crippen LogP contribution in [-0.2, 0) is 6.54 Å². The second-order valence-corrected chi connectivity index (χ2v) is 5.65. The molecule has 3 rings (SSSR count). The number of rotatable bonds is 4. The lowest BCUT2D eigenvalue weighted by atomic mass is 9.91. The number of fused-ring (bicyclic) bond motifs is 1.